The van der Waals surface area contributed by atoms with Crippen LogP contribution >= 0.6 is 28.6 Å². The van der Waals surface area contributed by atoms with Gasteiger partial charge in [-0.3, -0.25) is 10.1 Å². The summed E-state index contributed by atoms with van der Waals surface area (Å²) in [4.78, 5) is 10.2. The lowest BCUT2D eigenvalue weighted by molar-refractivity contribution is -0.385. The van der Waals surface area contributed by atoms with E-state index in [-0.39, 0.29) is 5.69 Å². The Balaban J connectivity index is 2.66. The molecule has 0 aliphatic rings. The quantitative estimate of drug-likeness (QED) is 0.379. The minimum atomic E-state index is -0.440. The number of nitro benzene ring substituents is 1. The van der Waals surface area contributed by atoms with E-state index in [1.165, 1.54) is 6.07 Å². The van der Waals surface area contributed by atoms with Crippen LogP contribution in [0.25, 0.3) is 0 Å². The first-order valence-electron chi connectivity index (χ1n) is 4.83. The van der Waals surface area contributed by atoms with Crippen molar-refractivity contribution < 1.29 is 9.66 Å². The summed E-state index contributed by atoms with van der Waals surface area (Å²) < 4.78 is 5.84. The van der Waals surface area contributed by atoms with Crippen molar-refractivity contribution >= 4 is 34.2 Å². The number of rotatable bonds is 6. The number of nitro groups is 1. The van der Waals surface area contributed by atoms with Crippen LogP contribution in [0.3, 0.4) is 0 Å². The van der Waals surface area contributed by atoms with Gasteiger partial charge in [-0.05, 0) is 40.6 Å². The zero-order valence-electron chi connectivity index (χ0n) is 8.56. The largest absolute Gasteiger partial charge is 0.492 e. The molecule has 1 rings (SSSR count). The first kappa shape index (κ1) is 13.3. The van der Waals surface area contributed by atoms with Crippen molar-refractivity contribution in [3.05, 3.63) is 32.8 Å². The van der Waals surface area contributed by atoms with E-state index in [0.29, 0.717) is 16.8 Å². The molecule has 0 saturated carbocycles. The highest BCUT2D eigenvalue weighted by atomic mass is 79.9. The molecule has 0 saturated heterocycles. The maximum Gasteiger partial charge on any atom is 0.287 e. The lowest BCUT2D eigenvalue weighted by Crippen LogP contribution is -1.99. The second-order valence-corrected chi connectivity index (χ2v) is 4.37. The van der Waals surface area contributed by atoms with Gasteiger partial charge in [-0.25, -0.2) is 0 Å². The number of hydrogen-bond acceptors (Lipinski definition) is 4. The van der Waals surface area contributed by atoms with Crippen molar-refractivity contribution in [1.82, 2.24) is 0 Å². The molecule has 0 spiro atoms. The molecule has 1 aromatic rings. The van der Waals surface area contributed by atoms with E-state index in [4.69, 9.17) is 4.74 Å². The third-order valence-corrected chi connectivity index (χ3v) is 3.06. The second-order valence-electron chi connectivity index (χ2n) is 3.13. The lowest BCUT2D eigenvalue weighted by Gasteiger charge is -2.07. The molecule has 0 radical (unpaired) electrons. The summed E-state index contributed by atoms with van der Waals surface area (Å²) in [7, 11) is 0. The van der Waals surface area contributed by atoms with E-state index < -0.39 is 4.92 Å². The third kappa shape index (κ3) is 3.68. The van der Waals surface area contributed by atoms with Crippen LogP contribution in [0, 0.1) is 10.1 Å². The van der Waals surface area contributed by atoms with Crippen LogP contribution in [0.5, 0.6) is 5.75 Å². The Morgan fingerprint density at radius 2 is 2.19 bits per heavy atom. The number of unbranched alkanes of at least 4 members (excludes halogenated alkanes) is 1. The molecule has 88 valence electrons. The van der Waals surface area contributed by atoms with Crippen LogP contribution in [-0.2, 0) is 0 Å². The van der Waals surface area contributed by atoms with E-state index in [9.17, 15) is 10.1 Å². The van der Waals surface area contributed by atoms with Gasteiger partial charge >= 0.3 is 0 Å². The number of nitrogens with zero attached hydrogens (tertiary/aromatic N) is 1. The van der Waals surface area contributed by atoms with E-state index >= 15 is 0 Å². The molecular weight excluding hydrogens is 294 g/mol. The van der Waals surface area contributed by atoms with Gasteiger partial charge in [-0.1, -0.05) is 6.07 Å². The molecule has 0 aliphatic heterocycles. The molecule has 0 aliphatic carbocycles. The molecular formula is C10H12BrNO3S. The number of hydrogen-bond donors (Lipinski definition) is 1. The minimum Gasteiger partial charge on any atom is -0.492 e. The van der Waals surface area contributed by atoms with Gasteiger partial charge in [0.2, 0.25) is 0 Å². The maximum absolute atomic E-state index is 10.7. The SMILES string of the molecule is O=[N+]([O-])c1cccc(OCCCCS)c1Br. The van der Waals surface area contributed by atoms with Gasteiger partial charge in [0, 0.05) is 6.07 Å². The van der Waals surface area contributed by atoms with Crippen molar-refractivity contribution in [3.63, 3.8) is 0 Å². The fourth-order valence-corrected chi connectivity index (χ4v) is 1.89. The molecule has 6 heteroatoms. The smallest absolute Gasteiger partial charge is 0.287 e. The Hall–Kier alpha value is -0.750. The predicted octanol–water partition coefficient (Wildman–Crippen LogP) is 3.45. The molecule has 4 nitrogen and oxygen atoms in total. The molecule has 0 bridgehead atoms. The molecule has 0 unspecified atom stereocenters. The van der Waals surface area contributed by atoms with Crippen LogP contribution in [-0.4, -0.2) is 17.3 Å². The fraction of sp³-hybridized carbons (Fsp3) is 0.400. The average Bonchev–Trinajstić information content (AvgIpc) is 2.26. The molecule has 0 atom stereocenters. The third-order valence-electron chi connectivity index (χ3n) is 1.95. The van der Waals surface area contributed by atoms with Gasteiger partial charge in [0.05, 0.1) is 11.5 Å². The highest BCUT2D eigenvalue weighted by Crippen LogP contribution is 2.33. The lowest BCUT2D eigenvalue weighted by atomic mass is 10.3. The Kier molecular flexibility index (Phi) is 5.62. The van der Waals surface area contributed by atoms with Gasteiger partial charge in [0.25, 0.3) is 5.69 Å². The highest BCUT2D eigenvalue weighted by Gasteiger charge is 2.15. The monoisotopic (exact) mass is 305 g/mol. The number of ether oxygens (including phenoxy) is 1. The maximum atomic E-state index is 10.7. The summed E-state index contributed by atoms with van der Waals surface area (Å²) in [5, 5.41) is 10.7. The van der Waals surface area contributed by atoms with Gasteiger partial charge in [-0.2, -0.15) is 12.6 Å². The molecule has 0 aromatic heterocycles. The average molecular weight is 306 g/mol. The molecule has 0 fully saturated rings. The first-order valence-corrected chi connectivity index (χ1v) is 6.26. The van der Waals surface area contributed by atoms with E-state index in [1.54, 1.807) is 12.1 Å². The Labute approximate surface area is 108 Å². The second kappa shape index (κ2) is 6.75. The number of benzene rings is 1. The normalized spacial score (nSPS) is 10.1. The number of halogens is 1. The summed E-state index contributed by atoms with van der Waals surface area (Å²) in [6.45, 7) is 0.542. The van der Waals surface area contributed by atoms with Crippen LogP contribution in [0.15, 0.2) is 22.7 Å². The fourth-order valence-electron chi connectivity index (χ4n) is 1.15. The Morgan fingerprint density at radius 3 is 2.81 bits per heavy atom. The van der Waals surface area contributed by atoms with E-state index in [0.717, 1.165) is 18.6 Å². The van der Waals surface area contributed by atoms with Gasteiger partial charge in [-0.15, -0.1) is 0 Å². The summed E-state index contributed by atoms with van der Waals surface area (Å²) in [5.41, 5.74) is 0.0201. The van der Waals surface area contributed by atoms with Crippen molar-refractivity contribution in [2.45, 2.75) is 12.8 Å². The molecule has 16 heavy (non-hydrogen) atoms. The number of thiol groups is 1. The van der Waals surface area contributed by atoms with Gasteiger partial charge in [0.1, 0.15) is 10.2 Å². The topological polar surface area (TPSA) is 52.4 Å². The Bertz CT molecular complexity index is 373. The van der Waals surface area contributed by atoms with Gasteiger partial charge < -0.3 is 4.74 Å². The van der Waals surface area contributed by atoms with Crippen molar-refractivity contribution in [2.24, 2.45) is 0 Å². The highest BCUT2D eigenvalue weighted by molar-refractivity contribution is 9.10. The molecule has 1 aromatic carbocycles. The molecule has 0 N–H and O–H groups in total. The minimum absolute atomic E-state index is 0.0201. The first-order chi connectivity index (χ1) is 7.66. The van der Waals surface area contributed by atoms with Crippen LogP contribution < -0.4 is 4.74 Å². The van der Waals surface area contributed by atoms with E-state index in [2.05, 4.69) is 28.6 Å². The van der Waals surface area contributed by atoms with Crippen molar-refractivity contribution in [1.29, 1.82) is 0 Å². The summed E-state index contributed by atoms with van der Waals surface area (Å²) in [6, 6.07) is 4.75. The van der Waals surface area contributed by atoms with Gasteiger partial charge in [0.15, 0.2) is 0 Å². The van der Waals surface area contributed by atoms with E-state index in [1.807, 2.05) is 0 Å². The summed E-state index contributed by atoms with van der Waals surface area (Å²) >= 11 is 7.26. The summed E-state index contributed by atoms with van der Waals surface area (Å²) in [5.74, 6) is 1.33. The zero-order chi connectivity index (χ0) is 12.0. The van der Waals surface area contributed by atoms with Crippen LogP contribution in [0.4, 0.5) is 5.69 Å². The van der Waals surface area contributed by atoms with Crippen LogP contribution in [0.1, 0.15) is 12.8 Å². The standard InChI is InChI=1S/C10H12BrNO3S/c11-10-8(12(13)14)4-3-5-9(10)15-6-1-2-7-16/h3-5,16H,1-2,6-7H2. The predicted molar refractivity (Wildman–Crippen MR) is 69.4 cm³/mol. The van der Waals surface area contributed by atoms with Crippen molar-refractivity contribution in [3.8, 4) is 5.75 Å². The van der Waals surface area contributed by atoms with Crippen molar-refractivity contribution in [2.75, 3.05) is 12.4 Å². The summed E-state index contributed by atoms with van der Waals surface area (Å²) in [6.07, 6.45) is 1.86. The Morgan fingerprint density at radius 1 is 1.44 bits per heavy atom. The zero-order valence-corrected chi connectivity index (χ0v) is 11.0. The molecule has 0 heterocycles. The molecule has 0 amide bonds. The van der Waals surface area contributed by atoms with Crippen LogP contribution in [0.2, 0.25) is 0 Å².